The summed E-state index contributed by atoms with van der Waals surface area (Å²) >= 11 is 0. The first kappa shape index (κ1) is 21.2. The molecule has 1 amide bonds. The lowest BCUT2D eigenvalue weighted by molar-refractivity contribution is -0.127. The number of likely N-dealkylation sites (N-methyl/N-ethyl adjacent to an activating group) is 1. The van der Waals surface area contributed by atoms with Crippen LogP contribution in [-0.2, 0) is 9.53 Å². The van der Waals surface area contributed by atoms with Gasteiger partial charge in [-0.25, -0.2) is 4.99 Å². The number of aliphatic imine (C=N–C) groups is 1. The predicted molar refractivity (Wildman–Crippen MR) is 109 cm³/mol. The van der Waals surface area contributed by atoms with Gasteiger partial charge in [0.15, 0.2) is 5.96 Å². The van der Waals surface area contributed by atoms with Gasteiger partial charge in [-0.15, -0.1) is 0 Å². The zero-order valence-corrected chi connectivity index (χ0v) is 16.8. The van der Waals surface area contributed by atoms with Gasteiger partial charge in [-0.3, -0.25) is 9.69 Å². The zero-order chi connectivity index (χ0) is 19.5. The van der Waals surface area contributed by atoms with Crippen molar-refractivity contribution in [3.05, 3.63) is 35.9 Å². The topological polar surface area (TPSA) is 69.2 Å². The first-order chi connectivity index (χ1) is 13.1. The van der Waals surface area contributed by atoms with Crippen LogP contribution in [0, 0.1) is 0 Å². The number of hydrogen-bond donors (Lipinski definition) is 2. The van der Waals surface area contributed by atoms with Crippen molar-refractivity contribution in [3.63, 3.8) is 0 Å². The summed E-state index contributed by atoms with van der Waals surface area (Å²) in [5.74, 6) is 0.653. The molecule has 0 aliphatic carbocycles. The van der Waals surface area contributed by atoms with Crippen LogP contribution in [0.1, 0.15) is 24.9 Å². The lowest BCUT2D eigenvalue weighted by atomic mass is 10.1. The Morgan fingerprint density at radius 3 is 2.63 bits per heavy atom. The summed E-state index contributed by atoms with van der Waals surface area (Å²) in [5.41, 5.74) is 1.18. The molecule has 0 saturated carbocycles. The summed E-state index contributed by atoms with van der Waals surface area (Å²) in [6.45, 7) is 7.71. The minimum atomic E-state index is -0.0169. The number of carbonyl (C=O) groups excluding carboxylic acids is 1. The third kappa shape index (κ3) is 7.97. The number of ether oxygens (including phenoxy) is 1. The fourth-order valence-electron chi connectivity index (χ4n) is 2.81. The number of nitrogens with one attached hydrogen (secondary N) is 2. The number of benzene rings is 1. The molecule has 7 heteroatoms. The van der Waals surface area contributed by atoms with E-state index in [2.05, 4.69) is 39.6 Å². The summed E-state index contributed by atoms with van der Waals surface area (Å²) in [7, 11) is 3.49. The highest BCUT2D eigenvalue weighted by molar-refractivity contribution is 5.85. The summed E-state index contributed by atoms with van der Waals surface area (Å²) < 4.78 is 5.38. The second-order valence-corrected chi connectivity index (χ2v) is 6.96. The number of carbonyl (C=O) groups is 1. The summed E-state index contributed by atoms with van der Waals surface area (Å²) in [4.78, 5) is 20.3. The van der Waals surface area contributed by atoms with Crippen LogP contribution in [-0.4, -0.2) is 81.7 Å². The van der Waals surface area contributed by atoms with Crippen molar-refractivity contribution in [3.8, 4) is 0 Å². The van der Waals surface area contributed by atoms with Crippen LogP contribution < -0.4 is 10.6 Å². The van der Waals surface area contributed by atoms with Gasteiger partial charge in [-0.2, -0.15) is 0 Å². The zero-order valence-electron chi connectivity index (χ0n) is 16.8. The van der Waals surface area contributed by atoms with Crippen LogP contribution >= 0.6 is 0 Å². The van der Waals surface area contributed by atoms with Gasteiger partial charge in [0.2, 0.25) is 5.91 Å². The molecule has 1 aliphatic heterocycles. The first-order valence-electron chi connectivity index (χ1n) is 9.66. The molecule has 0 spiro atoms. The molecule has 0 aromatic heterocycles. The molecule has 0 radical (unpaired) electrons. The van der Waals surface area contributed by atoms with Crippen LogP contribution in [0.2, 0.25) is 0 Å². The Balaban J connectivity index is 1.86. The summed E-state index contributed by atoms with van der Waals surface area (Å²) in [5, 5.41) is 6.77. The van der Waals surface area contributed by atoms with Crippen molar-refractivity contribution in [2.75, 3.05) is 60.0 Å². The van der Waals surface area contributed by atoms with Crippen molar-refractivity contribution in [2.24, 2.45) is 4.99 Å². The minimum absolute atomic E-state index is 0.0169. The van der Waals surface area contributed by atoms with Gasteiger partial charge in [0.05, 0.1) is 19.3 Å². The van der Waals surface area contributed by atoms with Crippen LogP contribution in [0.15, 0.2) is 35.3 Å². The highest BCUT2D eigenvalue weighted by Gasteiger charge is 2.11. The van der Waals surface area contributed by atoms with E-state index >= 15 is 0 Å². The normalized spacial score (nSPS) is 16.6. The van der Waals surface area contributed by atoms with Crippen molar-refractivity contribution < 1.29 is 9.53 Å². The predicted octanol–water partition coefficient (Wildman–Crippen LogP) is 1.09. The molecule has 2 N–H and O–H groups in total. The Morgan fingerprint density at radius 2 is 1.96 bits per heavy atom. The monoisotopic (exact) mass is 375 g/mol. The van der Waals surface area contributed by atoms with Crippen LogP contribution in [0.4, 0.5) is 0 Å². The fourth-order valence-corrected chi connectivity index (χ4v) is 2.81. The van der Waals surface area contributed by atoms with Gasteiger partial charge in [0.1, 0.15) is 6.54 Å². The molecule has 1 unspecified atom stereocenters. The highest BCUT2D eigenvalue weighted by Crippen LogP contribution is 2.10. The molecule has 27 heavy (non-hydrogen) atoms. The van der Waals surface area contributed by atoms with Gasteiger partial charge in [-0.05, 0) is 25.5 Å². The largest absolute Gasteiger partial charge is 0.379 e. The molecule has 2 rings (SSSR count). The van der Waals surface area contributed by atoms with Gasteiger partial charge in [0.25, 0.3) is 0 Å². The van der Waals surface area contributed by atoms with Crippen LogP contribution in [0.25, 0.3) is 0 Å². The highest BCUT2D eigenvalue weighted by atomic mass is 16.5. The smallest absolute Gasteiger partial charge is 0.243 e. The van der Waals surface area contributed by atoms with E-state index in [4.69, 9.17) is 4.74 Å². The van der Waals surface area contributed by atoms with Crippen LogP contribution in [0.5, 0.6) is 0 Å². The SMILES string of the molecule is CC(NC(=NCC(=O)N(C)C)NCCCN1CCOCC1)c1ccccc1. The third-order valence-corrected chi connectivity index (χ3v) is 4.57. The Morgan fingerprint density at radius 1 is 1.26 bits per heavy atom. The van der Waals surface area contributed by atoms with E-state index in [0.717, 1.165) is 45.8 Å². The van der Waals surface area contributed by atoms with Gasteiger partial charge >= 0.3 is 0 Å². The van der Waals surface area contributed by atoms with E-state index in [-0.39, 0.29) is 18.5 Å². The molecule has 0 bridgehead atoms. The lowest BCUT2D eigenvalue weighted by Gasteiger charge is -2.26. The fraction of sp³-hybridized carbons (Fsp3) is 0.600. The molecule has 150 valence electrons. The number of nitrogens with zero attached hydrogens (tertiary/aromatic N) is 3. The third-order valence-electron chi connectivity index (χ3n) is 4.57. The Labute approximate surface area is 162 Å². The Hall–Kier alpha value is -2.12. The van der Waals surface area contributed by atoms with E-state index in [1.54, 1.807) is 19.0 Å². The standard InChI is InChI=1S/C20H33N5O2/c1-17(18-8-5-4-6-9-18)23-20(22-16-19(26)24(2)3)21-10-7-11-25-12-14-27-15-13-25/h4-6,8-9,17H,7,10-16H2,1-3H3,(H2,21,22,23). The molecule has 1 aromatic rings. The average Bonchev–Trinajstić information content (AvgIpc) is 2.70. The van der Waals surface area contributed by atoms with Crippen molar-refractivity contribution in [1.29, 1.82) is 0 Å². The van der Waals surface area contributed by atoms with Crippen molar-refractivity contribution in [1.82, 2.24) is 20.4 Å². The first-order valence-corrected chi connectivity index (χ1v) is 9.66. The van der Waals surface area contributed by atoms with E-state index in [1.807, 2.05) is 18.2 Å². The lowest BCUT2D eigenvalue weighted by Crippen LogP contribution is -2.42. The number of hydrogen-bond acceptors (Lipinski definition) is 4. The maximum atomic E-state index is 11.9. The molecule has 1 heterocycles. The molecule has 1 aliphatic rings. The van der Waals surface area contributed by atoms with Gasteiger partial charge in [0, 0.05) is 33.7 Å². The Kier molecular flexibility index (Phi) is 9.07. The number of rotatable bonds is 8. The second kappa shape index (κ2) is 11.6. The van der Waals surface area contributed by atoms with Gasteiger partial charge in [-0.1, -0.05) is 30.3 Å². The van der Waals surface area contributed by atoms with Crippen LogP contribution in [0.3, 0.4) is 0 Å². The summed E-state index contributed by atoms with van der Waals surface area (Å²) in [6.07, 6.45) is 1.02. The average molecular weight is 376 g/mol. The second-order valence-electron chi connectivity index (χ2n) is 6.96. The molecule has 1 atom stereocenters. The maximum Gasteiger partial charge on any atom is 0.243 e. The molecule has 1 fully saturated rings. The van der Waals surface area contributed by atoms with Crippen molar-refractivity contribution >= 4 is 11.9 Å². The number of morpholine rings is 1. The molecular formula is C20H33N5O2. The Bertz CT molecular complexity index is 585. The maximum absolute atomic E-state index is 11.9. The van der Waals surface area contributed by atoms with E-state index in [1.165, 1.54) is 5.56 Å². The van der Waals surface area contributed by atoms with E-state index in [0.29, 0.717) is 5.96 Å². The number of guanidine groups is 1. The van der Waals surface area contributed by atoms with Crippen molar-refractivity contribution in [2.45, 2.75) is 19.4 Å². The summed E-state index contributed by atoms with van der Waals surface area (Å²) in [6, 6.07) is 10.3. The number of amides is 1. The van der Waals surface area contributed by atoms with Gasteiger partial charge < -0.3 is 20.3 Å². The quantitative estimate of drug-likeness (QED) is 0.404. The molecule has 7 nitrogen and oxygen atoms in total. The van der Waals surface area contributed by atoms with E-state index in [9.17, 15) is 4.79 Å². The van der Waals surface area contributed by atoms with E-state index < -0.39 is 0 Å². The molecule has 1 aromatic carbocycles. The molecular weight excluding hydrogens is 342 g/mol. The minimum Gasteiger partial charge on any atom is -0.379 e. The molecule has 1 saturated heterocycles.